The second-order valence-electron chi connectivity index (χ2n) is 5.18. The van der Waals surface area contributed by atoms with Crippen molar-refractivity contribution in [1.82, 2.24) is 5.32 Å². The lowest BCUT2D eigenvalue weighted by molar-refractivity contribution is -0.115. The van der Waals surface area contributed by atoms with Gasteiger partial charge in [0.15, 0.2) is 0 Å². The normalized spacial score (nSPS) is 12.3. The second-order valence-corrected chi connectivity index (χ2v) is 5.18. The lowest BCUT2D eigenvalue weighted by Gasteiger charge is -2.10. The third-order valence-corrected chi connectivity index (χ3v) is 3.64. The summed E-state index contributed by atoms with van der Waals surface area (Å²) >= 11 is 0. The fourth-order valence-electron chi connectivity index (χ4n) is 2.49. The summed E-state index contributed by atoms with van der Waals surface area (Å²) in [7, 11) is 1.53. The van der Waals surface area contributed by atoms with Crippen molar-refractivity contribution >= 4 is 29.1 Å². The van der Waals surface area contributed by atoms with Crippen molar-refractivity contribution in [3.63, 3.8) is 0 Å². The molecule has 0 aliphatic carbocycles. The van der Waals surface area contributed by atoms with E-state index in [1.165, 1.54) is 7.05 Å². The first kappa shape index (κ1) is 14.8. The summed E-state index contributed by atoms with van der Waals surface area (Å²) in [6, 6.07) is 11.8. The van der Waals surface area contributed by atoms with Gasteiger partial charge in [-0.25, -0.2) is 0 Å². The number of para-hydroxylation sites is 1. The van der Waals surface area contributed by atoms with Crippen LogP contribution in [0, 0.1) is 0 Å². The summed E-state index contributed by atoms with van der Waals surface area (Å²) in [5, 5.41) is 8.00. The summed E-state index contributed by atoms with van der Waals surface area (Å²) in [5.74, 6) is -0.685. The molecule has 0 atom stereocenters. The fourth-order valence-corrected chi connectivity index (χ4v) is 2.49. The van der Waals surface area contributed by atoms with Crippen molar-refractivity contribution in [2.24, 2.45) is 0 Å². The molecule has 2 aromatic carbocycles. The predicted octanol–water partition coefficient (Wildman–Crippen LogP) is 1.79. The third-order valence-electron chi connectivity index (χ3n) is 3.64. The molecule has 3 rings (SSSR count). The van der Waals surface area contributed by atoms with Gasteiger partial charge in [-0.15, -0.1) is 0 Å². The Morgan fingerprint density at radius 2 is 1.87 bits per heavy atom. The molecule has 1 aliphatic heterocycles. The number of nitrogens with one attached hydrogen (secondary N) is 3. The van der Waals surface area contributed by atoms with Gasteiger partial charge in [-0.1, -0.05) is 12.1 Å². The first-order chi connectivity index (χ1) is 11.1. The van der Waals surface area contributed by atoms with Gasteiger partial charge in [0.05, 0.1) is 17.7 Å². The molecule has 1 aliphatic rings. The Balaban J connectivity index is 1.85. The van der Waals surface area contributed by atoms with Crippen LogP contribution in [0.1, 0.15) is 26.3 Å². The highest BCUT2D eigenvalue weighted by Crippen LogP contribution is 2.24. The molecule has 2 aromatic rings. The Kier molecular flexibility index (Phi) is 3.80. The van der Waals surface area contributed by atoms with E-state index < -0.39 is 0 Å². The maximum atomic E-state index is 12.4. The van der Waals surface area contributed by atoms with Crippen LogP contribution in [0.3, 0.4) is 0 Å². The molecule has 6 heteroatoms. The van der Waals surface area contributed by atoms with E-state index in [4.69, 9.17) is 0 Å². The van der Waals surface area contributed by atoms with E-state index in [9.17, 15) is 14.4 Å². The molecule has 3 N–H and O–H groups in total. The van der Waals surface area contributed by atoms with Crippen molar-refractivity contribution in [2.45, 2.75) is 6.42 Å². The van der Waals surface area contributed by atoms with Crippen molar-refractivity contribution < 1.29 is 14.4 Å². The van der Waals surface area contributed by atoms with Crippen molar-refractivity contribution in [3.8, 4) is 0 Å². The topological polar surface area (TPSA) is 87.3 Å². The summed E-state index contributed by atoms with van der Waals surface area (Å²) in [5.41, 5.74) is 2.79. The average molecular weight is 309 g/mol. The van der Waals surface area contributed by atoms with E-state index in [0.29, 0.717) is 16.8 Å². The second kappa shape index (κ2) is 5.92. The number of hydrogen-bond donors (Lipinski definition) is 3. The first-order valence-electron chi connectivity index (χ1n) is 7.13. The number of hydrogen-bond acceptors (Lipinski definition) is 3. The lowest BCUT2D eigenvalue weighted by Crippen LogP contribution is -2.21. The monoisotopic (exact) mass is 309 g/mol. The molecular formula is C17H15N3O3. The highest BCUT2D eigenvalue weighted by Gasteiger charge is 2.19. The number of carbonyl (C=O) groups is 3. The van der Waals surface area contributed by atoms with E-state index in [1.807, 2.05) is 0 Å². The van der Waals surface area contributed by atoms with E-state index in [2.05, 4.69) is 16.0 Å². The first-order valence-corrected chi connectivity index (χ1v) is 7.13. The summed E-state index contributed by atoms with van der Waals surface area (Å²) in [6.07, 6.45) is 0.269. The lowest BCUT2D eigenvalue weighted by atomic mass is 10.1. The third kappa shape index (κ3) is 2.91. The van der Waals surface area contributed by atoms with Gasteiger partial charge in [-0.2, -0.15) is 0 Å². The molecule has 0 saturated heterocycles. The van der Waals surface area contributed by atoms with Crippen LogP contribution in [0.4, 0.5) is 11.4 Å². The maximum Gasteiger partial charge on any atom is 0.255 e. The molecule has 3 amide bonds. The van der Waals surface area contributed by atoms with Crippen LogP contribution in [0.2, 0.25) is 0 Å². The molecule has 6 nitrogen and oxygen atoms in total. The van der Waals surface area contributed by atoms with Crippen LogP contribution in [0.5, 0.6) is 0 Å². The summed E-state index contributed by atoms with van der Waals surface area (Å²) < 4.78 is 0. The van der Waals surface area contributed by atoms with Gasteiger partial charge in [-0.3, -0.25) is 14.4 Å². The zero-order valence-corrected chi connectivity index (χ0v) is 12.5. The Morgan fingerprint density at radius 3 is 2.65 bits per heavy atom. The smallest absolute Gasteiger partial charge is 0.255 e. The minimum atomic E-state index is -0.330. The Bertz CT molecular complexity index is 814. The molecule has 0 radical (unpaired) electrons. The minimum absolute atomic E-state index is 0.0810. The van der Waals surface area contributed by atoms with Crippen LogP contribution in [-0.4, -0.2) is 24.8 Å². The van der Waals surface area contributed by atoms with Crippen LogP contribution in [0.15, 0.2) is 42.5 Å². The zero-order valence-electron chi connectivity index (χ0n) is 12.5. The van der Waals surface area contributed by atoms with E-state index in [0.717, 1.165) is 11.3 Å². The molecule has 0 unspecified atom stereocenters. The van der Waals surface area contributed by atoms with E-state index >= 15 is 0 Å². The van der Waals surface area contributed by atoms with Crippen LogP contribution in [0.25, 0.3) is 0 Å². The maximum absolute atomic E-state index is 12.4. The number of amides is 3. The van der Waals surface area contributed by atoms with Crippen LogP contribution >= 0.6 is 0 Å². The van der Waals surface area contributed by atoms with Gasteiger partial charge < -0.3 is 16.0 Å². The van der Waals surface area contributed by atoms with Gasteiger partial charge in [0.1, 0.15) is 0 Å². The van der Waals surface area contributed by atoms with Gasteiger partial charge in [0.2, 0.25) is 5.91 Å². The Labute approximate surface area is 132 Å². The fraction of sp³-hybridized carbons (Fsp3) is 0.118. The molecular weight excluding hydrogens is 294 g/mol. The van der Waals surface area contributed by atoms with Gasteiger partial charge in [-0.05, 0) is 35.9 Å². The zero-order chi connectivity index (χ0) is 16.4. The number of fused-ring (bicyclic) bond motifs is 1. The van der Waals surface area contributed by atoms with Crippen molar-refractivity contribution in [3.05, 3.63) is 59.2 Å². The molecule has 116 valence electrons. The predicted molar refractivity (Wildman–Crippen MR) is 86.6 cm³/mol. The average Bonchev–Trinajstić information content (AvgIpc) is 2.93. The highest BCUT2D eigenvalue weighted by molar-refractivity contribution is 6.10. The molecule has 23 heavy (non-hydrogen) atoms. The van der Waals surface area contributed by atoms with Crippen molar-refractivity contribution in [2.75, 3.05) is 17.7 Å². The summed E-state index contributed by atoms with van der Waals surface area (Å²) in [6.45, 7) is 0. The Morgan fingerprint density at radius 1 is 1.09 bits per heavy atom. The van der Waals surface area contributed by atoms with Gasteiger partial charge in [0, 0.05) is 18.3 Å². The molecule has 1 heterocycles. The number of carbonyl (C=O) groups excluding carboxylic acids is 3. The number of anilines is 2. The van der Waals surface area contributed by atoms with Crippen molar-refractivity contribution in [1.29, 1.82) is 0 Å². The van der Waals surface area contributed by atoms with Crippen LogP contribution < -0.4 is 16.0 Å². The molecule has 0 aromatic heterocycles. The number of benzene rings is 2. The molecule has 0 fully saturated rings. The highest BCUT2D eigenvalue weighted by atomic mass is 16.2. The standard InChI is InChI=1S/C17H15N3O3/c1-18-17(23)12-4-2-3-5-14(12)20-16(22)10-6-7-13-11(8-10)9-15(21)19-13/h2-8H,9H2,1H3,(H,18,23)(H,19,21)(H,20,22). The van der Waals surface area contributed by atoms with E-state index in [-0.39, 0.29) is 24.1 Å². The van der Waals surface area contributed by atoms with E-state index in [1.54, 1.807) is 42.5 Å². The van der Waals surface area contributed by atoms with Gasteiger partial charge >= 0.3 is 0 Å². The molecule has 0 saturated carbocycles. The van der Waals surface area contributed by atoms with Gasteiger partial charge in [0.25, 0.3) is 11.8 Å². The Hall–Kier alpha value is -3.15. The summed E-state index contributed by atoms with van der Waals surface area (Å²) in [4.78, 5) is 35.6. The largest absolute Gasteiger partial charge is 0.355 e. The molecule has 0 bridgehead atoms. The van der Waals surface area contributed by atoms with Crippen LogP contribution in [-0.2, 0) is 11.2 Å². The molecule has 0 spiro atoms. The minimum Gasteiger partial charge on any atom is -0.355 e. The quantitative estimate of drug-likeness (QED) is 0.808. The number of rotatable bonds is 3. The SMILES string of the molecule is CNC(=O)c1ccccc1NC(=O)c1ccc2c(c1)CC(=O)N2.